The Balaban J connectivity index is 2.47. The molecule has 5 nitrogen and oxygen atoms in total. The van der Waals surface area contributed by atoms with Crippen LogP contribution in [-0.2, 0) is 10.8 Å². The van der Waals surface area contributed by atoms with Crippen LogP contribution >= 0.6 is 0 Å². The molecule has 0 spiro atoms. The number of hydrogen-bond donors (Lipinski definition) is 3. The maximum Gasteiger partial charge on any atom is 0.251 e. The first kappa shape index (κ1) is 13.5. The van der Waals surface area contributed by atoms with Gasteiger partial charge in [0, 0.05) is 34.9 Å². The number of amides is 1. The third kappa shape index (κ3) is 4.44. The molecule has 1 atom stereocenters. The van der Waals surface area contributed by atoms with E-state index in [2.05, 4.69) is 5.32 Å². The molecular weight excluding hydrogens is 242 g/mol. The van der Waals surface area contributed by atoms with E-state index in [1.807, 2.05) is 0 Å². The number of carbonyl (C=O) groups is 1. The minimum Gasteiger partial charge on any atom is -0.504 e. The normalized spacial score (nSPS) is 12.1. The van der Waals surface area contributed by atoms with Crippen LogP contribution in [0.15, 0.2) is 18.2 Å². The Labute approximate surface area is 102 Å². The molecule has 0 aromatic heterocycles. The minimum absolute atomic E-state index is 0.261. The number of phenols is 2. The van der Waals surface area contributed by atoms with Crippen molar-refractivity contribution < 1.29 is 19.2 Å². The zero-order valence-electron chi connectivity index (χ0n) is 9.47. The summed E-state index contributed by atoms with van der Waals surface area (Å²) in [4.78, 5) is 11.6. The second-order valence-corrected chi connectivity index (χ2v) is 5.14. The maximum absolute atomic E-state index is 11.6. The molecule has 0 aliphatic rings. The predicted molar refractivity (Wildman–Crippen MR) is 65.7 cm³/mol. The summed E-state index contributed by atoms with van der Waals surface area (Å²) >= 11 is 0. The SMILES string of the molecule is CS(=O)CCCNC(=O)c1ccc(O)c(O)c1. The van der Waals surface area contributed by atoms with E-state index < -0.39 is 10.8 Å². The Morgan fingerprint density at radius 3 is 2.65 bits per heavy atom. The fourth-order valence-corrected chi connectivity index (χ4v) is 1.79. The van der Waals surface area contributed by atoms with Crippen molar-refractivity contribution in [1.82, 2.24) is 5.32 Å². The first-order valence-electron chi connectivity index (χ1n) is 5.11. The summed E-state index contributed by atoms with van der Waals surface area (Å²) in [6.07, 6.45) is 2.25. The lowest BCUT2D eigenvalue weighted by molar-refractivity contribution is 0.0953. The smallest absolute Gasteiger partial charge is 0.251 e. The van der Waals surface area contributed by atoms with Crippen LogP contribution in [0.25, 0.3) is 0 Å². The molecule has 94 valence electrons. The molecule has 0 bridgehead atoms. The van der Waals surface area contributed by atoms with Gasteiger partial charge in [-0.1, -0.05) is 0 Å². The minimum atomic E-state index is -0.856. The van der Waals surface area contributed by atoms with Crippen molar-refractivity contribution >= 4 is 16.7 Å². The largest absolute Gasteiger partial charge is 0.504 e. The standard InChI is InChI=1S/C11H15NO4S/c1-17(16)6-2-5-12-11(15)8-3-4-9(13)10(14)7-8/h3-4,7,13-14H,2,5-6H2,1H3,(H,12,15). The van der Waals surface area contributed by atoms with Gasteiger partial charge in [0.1, 0.15) is 0 Å². The first-order valence-corrected chi connectivity index (χ1v) is 6.83. The quantitative estimate of drug-likeness (QED) is 0.532. The third-order valence-corrected chi connectivity index (χ3v) is 3.00. The number of aromatic hydroxyl groups is 2. The predicted octanol–water partition coefficient (Wildman–Crippen LogP) is 0.596. The van der Waals surface area contributed by atoms with Gasteiger partial charge < -0.3 is 15.5 Å². The van der Waals surface area contributed by atoms with Crippen LogP contribution in [0, 0.1) is 0 Å². The highest BCUT2D eigenvalue weighted by Crippen LogP contribution is 2.24. The summed E-state index contributed by atoms with van der Waals surface area (Å²) in [5, 5.41) is 20.9. The van der Waals surface area contributed by atoms with Crippen LogP contribution in [0.2, 0.25) is 0 Å². The van der Waals surface area contributed by atoms with Gasteiger partial charge in [-0.3, -0.25) is 9.00 Å². The van der Waals surface area contributed by atoms with Crippen molar-refractivity contribution in [3.05, 3.63) is 23.8 Å². The van der Waals surface area contributed by atoms with Gasteiger partial charge >= 0.3 is 0 Å². The average Bonchev–Trinajstić information content (AvgIpc) is 2.27. The van der Waals surface area contributed by atoms with Crippen LogP contribution in [0.4, 0.5) is 0 Å². The topological polar surface area (TPSA) is 86.6 Å². The molecule has 0 heterocycles. The van der Waals surface area contributed by atoms with Gasteiger partial charge in [0.25, 0.3) is 5.91 Å². The van der Waals surface area contributed by atoms with Crippen molar-refractivity contribution in [3.8, 4) is 11.5 Å². The van der Waals surface area contributed by atoms with E-state index in [9.17, 15) is 14.1 Å². The van der Waals surface area contributed by atoms with Crippen LogP contribution in [0.5, 0.6) is 11.5 Å². The van der Waals surface area contributed by atoms with Crippen molar-refractivity contribution in [2.45, 2.75) is 6.42 Å². The van der Waals surface area contributed by atoms with E-state index in [0.717, 1.165) is 0 Å². The van der Waals surface area contributed by atoms with Gasteiger partial charge in [-0.25, -0.2) is 0 Å². The lowest BCUT2D eigenvalue weighted by Gasteiger charge is -2.05. The molecule has 6 heteroatoms. The van der Waals surface area contributed by atoms with E-state index in [4.69, 9.17) is 5.11 Å². The van der Waals surface area contributed by atoms with Crippen LogP contribution < -0.4 is 5.32 Å². The number of hydrogen-bond acceptors (Lipinski definition) is 4. The van der Waals surface area contributed by atoms with E-state index in [0.29, 0.717) is 18.7 Å². The second kappa shape index (κ2) is 6.24. The zero-order chi connectivity index (χ0) is 12.8. The van der Waals surface area contributed by atoms with E-state index in [-0.39, 0.29) is 23.0 Å². The molecule has 1 unspecified atom stereocenters. The van der Waals surface area contributed by atoms with Gasteiger partial charge in [-0.15, -0.1) is 0 Å². The molecule has 0 fully saturated rings. The molecule has 0 saturated carbocycles. The Kier molecular flexibility index (Phi) is 4.96. The Hall–Kier alpha value is -1.56. The molecule has 0 saturated heterocycles. The number of carbonyl (C=O) groups excluding carboxylic acids is 1. The zero-order valence-corrected chi connectivity index (χ0v) is 10.3. The highest BCUT2D eigenvalue weighted by molar-refractivity contribution is 7.84. The van der Waals surface area contributed by atoms with Crippen molar-refractivity contribution in [3.63, 3.8) is 0 Å². The molecular formula is C11H15NO4S. The van der Waals surface area contributed by atoms with Gasteiger partial charge in [0.2, 0.25) is 0 Å². The molecule has 1 rings (SSSR count). The fraction of sp³-hybridized carbons (Fsp3) is 0.364. The van der Waals surface area contributed by atoms with Gasteiger partial charge in [-0.2, -0.15) is 0 Å². The number of nitrogens with one attached hydrogen (secondary N) is 1. The van der Waals surface area contributed by atoms with E-state index in [1.165, 1.54) is 18.2 Å². The summed E-state index contributed by atoms with van der Waals surface area (Å²) in [6, 6.07) is 3.87. The number of rotatable bonds is 5. The van der Waals surface area contributed by atoms with Crippen molar-refractivity contribution in [2.75, 3.05) is 18.6 Å². The average molecular weight is 257 g/mol. The number of benzene rings is 1. The molecule has 3 N–H and O–H groups in total. The second-order valence-electron chi connectivity index (χ2n) is 3.59. The van der Waals surface area contributed by atoms with E-state index in [1.54, 1.807) is 6.26 Å². The Morgan fingerprint density at radius 2 is 2.06 bits per heavy atom. The molecule has 0 aliphatic heterocycles. The number of phenolic OH excluding ortho intramolecular Hbond substituents is 2. The lowest BCUT2D eigenvalue weighted by Crippen LogP contribution is -2.25. The summed E-state index contributed by atoms with van der Waals surface area (Å²) in [5.74, 6) is -0.376. The molecule has 17 heavy (non-hydrogen) atoms. The maximum atomic E-state index is 11.6. The summed E-state index contributed by atoms with van der Waals surface area (Å²) < 4.78 is 10.8. The highest BCUT2D eigenvalue weighted by Gasteiger charge is 2.07. The fourth-order valence-electron chi connectivity index (χ4n) is 1.24. The van der Waals surface area contributed by atoms with E-state index >= 15 is 0 Å². The summed E-state index contributed by atoms with van der Waals surface area (Å²) in [7, 11) is -0.856. The highest BCUT2D eigenvalue weighted by atomic mass is 32.2. The van der Waals surface area contributed by atoms with Gasteiger partial charge in [0.15, 0.2) is 11.5 Å². The Bertz CT molecular complexity index is 433. The molecule has 0 radical (unpaired) electrons. The monoisotopic (exact) mass is 257 g/mol. The molecule has 1 aromatic carbocycles. The van der Waals surface area contributed by atoms with Crippen LogP contribution in [0.3, 0.4) is 0 Å². The molecule has 0 aliphatic carbocycles. The first-order chi connectivity index (χ1) is 8.00. The van der Waals surface area contributed by atoms with Crippen LogP contribution in [-0.4, -0.2) is 38.9 Å². The van der Waals surface area contributed by atoms with Crippen molar-refractivity contribution in [1.29, 1.82) is 0 Å². The van der Waals surface area contributed by atoms with Gasteiger partial charge in [0.05, 0.1) is 0 Å². The summed E-state index contributed by atoms with van der Waals surface area (Å²) in [5.41, 5.74) is 0.276. The summed E-state index contributed by atoms with van der Waals surface area (Å²) in [6.45, 7) is 0.431. The lowest BCUT2D eigenvalue weighted by atomic mass is 10.2. The van der Waals surface area contributed by atoms with Crippen LogP contribution in [0.1, 0.15) is 16.8 Å². The third-order valence-electron chi connectivity index (χ3n) is 2.13. The van der Waals surface area contributed by atoms with Crippen molar-refractivity contribution in [2.24, 2.45) is 0 Å². The molecule has 1 amide bonds. The molecule has 1 aromatic rings. The van der Waals surface area contributed by atoms with Gasteiger partial charge in [-0.05, 0) is 24.6 Å². The Morgan fingerprint density at radius 1 is 1.35 bits per heavy atom.